The first kappa shape index (κ1) is 9.46. The predicted octanol–water partition coefficient (Wildman–Crippen LogP) is 1.62. The molecule has 3 heteroatoms. The van der Waals surface area contributed by atoms with Gasteiger partial charge in [0.2, 0.25) is 0 Å². The molecule has 1 heterocycles. The summed E-state index contributed by atoms with van der Waals surface area (Å²) in [5, 5.41) is 3.34. The number of rotatable bonds is 1. The summed E-state index contributed by atoms with van der Waals surface area (Å²) < 4.78 is 13.4. The van der Waals surface area contributed by atoms with Gasteiger partial charge >= 0.3 is 0 Å². The van der Waals surface area contributed by atoms with E-state index in [9.17, 15) is 4.39 Å². The smallest absolute Gasteiger partial charge is 0.146 e. The first-order chi connectivity index (χ1) is 6.77. The number of hydrogen-bond acceptors (Lipinski definition) is 2. The van der Waals surface area contributed by atoms with Gasteiger partial charge in [-0.2, -0.15) is 0 Å². The van der Waals surface area contributed by atoms with Crippen molar-refractivity contribution in [3.63, 3.8) is 0 Å². The number of nitrogens with zero attached hydrogens (tertiary/aromatic N) is 1. The molecule has 1 aliphatic rings. The van der Waals surface area contributed by atoms with Crippen molar-refractivity contribution >= 4 is 5.69 Å². The van der Waals surface area contributed by atoms with Crippen LogP contribution in [0.3, 0.4) is 0 Å². The van der Waals surface area contributed by atoms with Crippen LogP contribution in [0.1, 0.15) is 6.92 Å². The summed E-state index contributed by atoms with van der Waals surface area (Å²) in [6.45, 7) is 4.80. The molecule has 0 spiro atoms. The number of piperazine rings is 1. The van der Waals surface area contributed by atoms with Crippen molar-refractivity contribution in [1.29, 1.82) is 0 Å². The highest BCUT2D eigenvalue weighted by Crippen LogP contribution is 2.19. The van der Waals surface area contributed by atoms with E-state index in [0.29, 0.717) is 6.04 Å². The van der Waals surface area contributed by atoms with E-state index in [1.54, 1.807) is 6.07 Å². The molecule has 2 rings (SSSR count). The summed E-state index contributed by atoms with van der Waals surface area (Å²) in [4.78, 5) is 2.09. The minimum absolute atomic E-state index is 0.124. The van der Waals surface area contributed by atoms with Crippen molar-refractivity contribution in [2.24, 2.45) is 0 Å². The number of anilines is 1. The monoisotopic (exact) mass is 194 g/mol. The Kier molecular flexibility index (Phi) is 2.68. The molecule has 1 aromatic carbocycles. The molecule has 14 heavy (non-hydrogen) atoms. The van der Waals surface area contributed by atoms with Gasteiger partial charge in [0, 0.05) is 25.7 Å². The molecule has 0 unspecified atom stereocenters. The summed E-state index contributed by atoms with van der Waals surface area (Å²) >= 11 is 0. The van der Waals surface area contributed by atoms with Gasteiger partial charge in [-0.15, -0.1) is 0 Å². The van der Waals surface area contributed by atoms with Gasteiger partial charge in [-0.1, -0.05) is 12.1 Å². The molecule has 1 aliphatic heterocycles. The van der Waals surface area contributed by atoms with E-state index in [0.717, 1.165) is 25.3 Å². The SMILES string of the molecule is C[C@@H]1CN(c2ccccc2F)CCN1. The predicted molar refractivity (Wildman–Crippen MR) is 56.1 cm³/mol. The average molecular weight is 194 g/mol. The first-order valence-electron chi connectivity index (χ1n) is 5.00. The molecule has 0 bridgehead atoms. The summed E-state index contributed by atoms with van der Waals surface area (Å²) in [5.74, 6) is -0.124. The molecule has 2 nitrogen and oxygen atoms in total. The maximum atomic E-state index is 13.4. The lowest BCUT2D eigenvalue weighted by Gasteiger charge is -2.33. The van der Waals surface area contributed by atoms with Crippen molar-refractivity contribution in [1.82, 2.24) is 5.32 Å². The van der Waals surface area contributed by atoms with Gasteiger partial charge in [0.05, 0.1) is 5.69 Å². The lowest BCUT2D eigenvalue weighted by molar-refractivity contribution is 0.478. The highest BCUT2D eigenvalue weighted by molar-refractivity contribution is 5.48. The molecule has 0 aromatic heterocycles. The second-order valence-corrected chi connectivity index (χ2v) is 3.75. The minimum atomic E-state index is -0.124. The number of hydrogen-bond donors (Lipinski definition) is 1. The normalized spacial score (nSPS) is 22.4. The third-order valence-corrected chi connectivity index (χ3v) is 2.56. The quantitative estimate of drug-likeness (QED) is 0.731. The fraction of sp³-hybridized carbons (Fsp3) is 0.455. The molecule has 1 aromatic rings. The van der Waals surface area contributed by atoms with Crippen LogP contribution >= 0.6 is 0 Å². The van der Waals surface area contributed by atoms with Crippen molar-refractivity contribution in [2.75, 3.05) is 24.5 Å². The average Bonchev–Trinajstić information content (AvgIpc) is 2.18. The molecule has 1 atom stereocenters. The highest BCUT2D eigenvalue weighted by atomic mass is 19.1. The topological polar surface area (TPSA) is 15.3 Å². The van der Waals surface area contributed by atoms with Crippen molar-refractivity contribution < 1.29 is 4.39 Å². The molecule has 1 fully saturated rings. The molecular formula is C11H15FN2. The lowest BCUT2D eigenvalue weighted by atomic mass is 10.2. The van der Waals surface area contributed by atoms with Gasteiger partial charge in [0.1, 0.15) is 5.82 Å². The Morgan fingerprint density at radius 3 is 2.93 bits per heavy atom. The van der Waals surface area contributed by atoms with E-state index in [1.165, 1.54) is 6.07 Å². The van der Waals surface area contributed by atoms with Crippen LogP contribution in [0, 0.1) is 5.82 Å². The molecule has 76 valence electrons. The van der Waals surface area contributed by atoms with Crippen LogP contribution in [0.25, 0.3) is 0 Å². The molecular weight excluding hydrogens is 179 g/mol. The van der Waals surface area contributed by atoms with E-state index < -0.39 is 0 Å². The number of para-hydroxylation sites is 1. The third-order valence-electron chi connectivity index (χ3n) is 2.56. The van der Waals surface area contributed by atoms with Crippen LogP contribution < -0.4 is 10.2 Å². The van der Waals surface area contributed by atoms with Crippen LogP contribution in [0.2, 0.25) is 0 Å². The Balaban J connectivity index is 2.18. The molecule has 0 radical (unpaired) electrons. The van der Waals surface area contributed by atoms with Crippen molar-refractivity contribution in [2.45, 2.75) is 13.0 Å². The Hall–Kier alpha value is -1.09. The highest BCUT2D eigenvalue weighted by Gasteiger charge is 2.17. The summed E-state index contributed by atoms with van der Waals surface area (Å²) in [6.07, 6.45) is 0. The fourth-order valence-electron chi connectivity index (χ4n) is 1.86. The summed E-state index contributed by atoms with van der Waals surface area (Å²) in [6, 6.07) is 7.40. The number of halogens is 1. The molecule has 0 amide bonds. The number of nitrogens with one attached hydrogen (secondary N) is 1. The zero-order valence-electron chi connectivity index (χ0n) is 8.33. The van der Waals surface area contributed by atoms with Gasteiger partial charge < -0.3 is 10.2 Å². The first-order valence-corrected chi connectivity index (χ1v) is 5.00. The molecule has 1 N–H and O–H groups in total. The Bertz CT molecular complexity index is 314. The van der Waals surface area contributed by atoms with E-state index in [1.807, 2.05) is 12.1 Å². The Morgan fingerprint density at radius 1 is 1.43 bits per heavy atom. The van der Waals surface area contributed by atoms with Gasteiger partial charge in [0.15, 0.2) is 0 Å². The van der Waals surface area contributed by atoms with Crippen LogP contribution in [0.5, 0.6) is 0 Å². The van der Waals surface area contributed by atoms with Crippen molar-refractivity contribution in [3.05, 3.63) is 30.1 Å². The van der Waals surface area contributed by atoms with E-state index in [2.05, 4.69) is 17.1 Å². The minimum Gasteiger partial charge on any atom is -0.366 e. The standard InChI is InChI=1S/C11H15FN2/c1-9-8-14(7-6-13-9)11-5-3-2-4-10(11)12/h2-5,9,13H,6-8H2,1H3/t9-/m1/s1. The summed E-state index contributed by atoms with van der Waals surface area (Å²) in [7, 11) is 0. The molecule has 1 saturated heterocycles. The van der Waals surface area contributed by atoms with E-state index in [-0.39, 0.29) is 5.82 Å². The number of benzene rings is 1. The maximum absolute atomic E-state index is 13.4. The zero-order chi connectivity index (χ0) is 9.97. The largest absolute Gasteiger partial charge is 0.366 e. The third kappa shape index (κ3) is 1.87. The maximum Gasteiger partial charge on any atom is 0.146 e. The zero-order valence-corrected chi connectivity index (χ0v) is 8.33. The van der Waals surface area contributed by atoms with Crippen molar-refractivity contribution in [3.8, 4) is 0 Å². The van der Waals surface area contributed by atoms with Crippen LogP contribution in [0.15, 0.2) is 24.3 Å². The lowest BCUT2D eigenvalue weighted by Crippen LogP contribution is -2.49. The Morgan fingerprint density at radius 2 is 2.21 bits per heavy atom. The van der Waals surface area contributed by atoms with Gasteiger partial charge in [-0.05, 0) is 19.1 Å². The van der Waals surface area contributed by atoms with Crippen LogP contribution in [-0.2, 0) is 0 Å². The molecule has 0 aliphatic carbocycles. The fourth-order valence-corrected chi connectivity index (χ4v) is 1.86. The second kappa shape index (κ2) is 3.96. The van der Waals surface area contributed by atoms with Gasteiger partial charge in [-0.25, -0.2) is 4.39 Å². The summed E-state index contributed by atoms with van der Waals surface area (Å²) in [5.41, 5.74) is 0.723. The van der Waals surface area contributed by atoms with E-state index in [4.69, 9.17) is 0 Å². The van der Waals surface area contributed by atoms with Gasteiger partial charge in [0.25, 0.3) is 0 Å². The van der Waals surface area contributed by atoms with Crippen LogP contribution in [-0.4, -0.2) is 25.7 Å². The second-order valence-electron chi connectivity index (χ2n) is 3.75. The Labute approximate surface area is 83.7 Å². The van der Waals surface area contributed by atoms with Gasteiger partial charge in [-0.3, -0.25) is 0 Å². The van der Waals surface area contributed by atoms with E-state index >= 15 is 0 Å². The molecule has 0 saturated carbocycles. The van der Waals surface area contributed by atoms with Crippen LogP contribution in [0.4, 0.5) is 10.1 Å².